The Morgan fingerprint density at radius 1 is 1.24 bits per heavy atom. The third-order valence-electron chi connectivity index (χ3n) is 3.86. The lowest BCUT2D eigenvalue weighted by Crippen LogP contribution is -2.40. The molecule has 0 atom stereocenters. The average molecular weight is 364 g/mol. The van der Waals surface area contributed by atoms with Gasteiger partial charge in [-0.05, 0) is 38.6 Å². The molecule has 2 N–H and O–H groups in total. The van der Waals surface area contributed by atoms with E-state index in [0.29, 0.717) is 6.54 Å². The number of aliphatic imine (C=N–C) groups is 1. The molecule has 0 saturated heterocycles. The smallest absolute Gasteiger partial charge is 0.191 e. The number of rotatable bonds is 7. The Balaban J connectivity index is 1.70. The highest BCUT2D eigenvalue weighted by molar-refractivity contribution is 7.11. The van der Waals surface area contributed by atoms with E-state index in [2.05, 4.69) is 32.4 Å². The van der Waals surface area contributed by atoms with Gasteiger partial charge in [-0.15, -0.1) is 11.3 Å². The number of hydrogen-bond donors (Lipinski definition) is 2. The number of likely N-dealkylation sites (N-methyl/N-ethyl adjacent to an activating group) is 1. The van der Waals surface area contributed by atoms with Crippen LogP contribution in [0.1, 0.15) is 21.1 Å². The molecule has 2 aromatic rings. The van der Waals surface area contributed by atoms with Gasteiger partial charge in [0, 0.05) is 31.6 Å². The first-order valence-electron chi connectivity index (χ1n) is 8.28. The molecule has 7 heteroatoms. The molecule has 0 amide bonds. The van der Waals surface area contributed by atoms with Crippen molar-refractivity contribution in [3.8, 4) is 0 Å². The molecule has 0 aliphatic carbocycles. The van der Waals surface area contributed by atoms with Crippen molar-refractivity contribution in [1.82, 2.24) is 20.5 Å². The Bertz CT molecular complexity index is 676. The molecule has 1 heterocycles. The number of thiazole rings is 1. The van der Waals surface area contributed by atoms with Crippen molar-refractivity contribution in [2.75, 3.05) is 27.2 Å². The van der Waals surface area contributed by atoms with E-state index in [1.165, 1.54) is 17.0 Å². The van der Waals surface area contributed by atoms with E-state index in [4.69, 9.17) is 0 Å². The maximum atomic E-state index is 12.9. The predicted molar refractivity (Wildman–Crippen MR) is 103 cm³/mol. The second-order valence-corrected chi connectivity index (χ2v) is 7.25. The average Bonchev–Trinajstić information content (AvgIpc) is 2.91. The topological polar surface area (TPSA) is 52.6 Å². The fourth-order valence-electron chi connectivity index (χ4n) is 2.34. The predicted octanol–water partition coefficient (Wildman–Crippen LogP) is 2.70. The van der Waals surface area contributed by atoms with Gasteiger partial charge in [-0.1, -0.05) is 12.1 Å². The van der Waals surface area contributed by atoms with Gasteiger partial charge in [0.25, 0.3) is 0 Å². The minimum absolute atomic E-state index is 0.200. The molecule has 0 spiro atoms. The molecule has 0 fully saturated rings. The van der Waals surface area contributed by atoms with Crippen molar-refractivity contribution in [3.63, 3.8) is 0 Å². The van der Waals surface area contributed by atoms with Crippen LogP contribution < -0.4 is 10.6 Å². The molecule has 5 nitrogen and oxygen atoms in total. The number of guanidine groups is 1. The summed E-state index contributed by atoms with van der Waals surface area (Å²) in [6.45, 7) is 7.19. The molecule has 0 radical (unpaired) electrons. The molecule has 0 aliphatic rings. The monoisotopic (exact) mass is 363 g/mol. The number of hydrogen-bond acceptors (Lipinski definition) is 4. The fourth-order valence-corrected chi connectivity index (χ4v) is 3.21. The molecule has 0 unspecified atom stereocenters. The molecule has 0 bridgehead atoms. The van der Waals surface area contributed by atoms with E-state index in [-0.39, 0.29) is 5.82 Å². The maximum Gasteiger partial charge on any atom is 0.191 e. The summed E-state index contributed by atoms with van der Waals surface area (Å²) in [7, 11) is 3.80. The van der Waals surface area contributed by atoms with E-state index in [1.807, 2.05) is 26.1 Å². The van der Waals surface area contributed by atoms with Gasteiger partial charge in [0.05, 0.1) is 12.2 Å². The first kappa shape index (κ1) is 19.3. The minimum atomic E-state index is -0.200. The second kappa shape index (κ2) is 9.48. The number of nitrogens with zero attached hydrogens (tertiary/aromatic N) is 3. The molecule has 0 saturated carbocycles. The third-order valence-corrected chi connectivity index (χ3v) is 4.93. The second-order valence-electron chi connectivity index (χ2n) is 5.97. The van der Waals surface area contributed by atoms with E-state index < -0.39 is 0 Å². The van der Waals surface area contributed by atoms with E-state index >= 15 is 0 Å². The molecule has 136 valence electrons. The van der Waals surface area contributed by atoms with Crippen molar-refractivity contribution in [1.29, 1.82) is 0 Å². The van der Waals surface area contributed by atoms with Gasteiger partial charge in [0.1, 0.15) is 10.8 Å². The Kier molecular flexibility index (Phi) is 7.33. The number of benzene rings is 1. The number of nitrogens with one attached hydrogen (secondary N) is 2. The fraction of sp³-hybridized carbons (Fsp3) is 0.444. The quantitative estimate of drug-likeness (QED) is 0.587. The lowest BCUT2D eigenvalue weighted by Gasteiger charge is -2.18. The lowest BCUT2D eigenvalue weighted by atomic mass is 10.2. The van der Waals surface area contributed by atoms with Crippen LogP contribution in [0.5, 0.6) is 0 Å². The first-order valence-corrected chi connectivity index (χ1v) is 9.10. The zero-order valence-electron chi connectivity index (χ0n) is 15.3. The molecule has 2 rings (SSSR count). The van der Waals surface area contributed by atoms with Crippen LogP contribution in [-0.4, -0.2) is 43.0 Å². The third kappa shape index (κ3) is 6.43. The van der Waals surface area contributed by atoms with Gasteiger partial charge in [-0.3, -0.25) is 4.99 Å². The van der Waals surface area contributed by atoms with Crippen LogP contribution in [0.2, 0.25) is 0 Å². The van der Waals surface area contributed by atoms with Crippen LogP contribution in [0.4, 0.5) is 4.39 Å². The van der Waals surface area contributed by atoms with Crippen molar-refractivity contribution in [2.45, 2.75) is 26.9 Å². The Morgan fingerprint density at radius 3 is 2.56 bits per heavy atom. The number of aromatic nitrogens is 1. The van der Waals surface area contributed by atoms with Gasteiger partial charge in [0.15, 0.2) is 5.96 Å². The summed E-state index contributed by atoms with van der Waals surface area (Å²) < 4.78 is 12.9. The summed E-state index contributed by atoms with van der Waals surface area (Å²) in [5.41, 5.74) is 2.19. The Morgan fingerprint density at radius 2 is 1.96 bits per heavy atom. The van der Waals surface area contributed by atoms with Crippen molar-refractivity contribution in [3.05, 3.63) is 51.2 Å². The van der Waals surface area contributed by atoms with Crippen LogP contribution >= 0.6 is 11.3 Å². The van der Waals surface area contributed by atoms with Crippen LogP contribution in [0.3, 0.4) is 0 Å². The highest BCUT2D eigenvalue weighted by atomic mass is 32.1. The molecule has 1 aromatic carbocycles. The van der Waals surface area contributed by atoms with Gasteiger partial charge >= 0.3 is 0 Å². The van der Waals surface area contributed by atoms with Crippen molar-refractivity contribution >= 4 is 17.3 Å². The highest BCUT2D eigenvalue weighted by Gasteiger charge is 2.05. The van der Waals surface area contributed by atoms with Gasteiger partial charge < -0.3 is 15.5 Å². The highest BCUT2D eigenvalue weighted by Crippen LogP contribution is 2.15. The van der Waals surface area contributed by atoms with Gasteiger partial charge in [-0.25, -0.2) is 9.37 Å². The largest absolute Gasteiger partial charge is 0.355 e. The van der Waals surface area contributed by atoms with Crippen LogP contribution in [0.25, 0.3) is 0 Å². The zero-order chi connectivity index (χ0) is 18.2. The Labute approximate surface area is 153 Å². The molecular formula is C18H26FN5S. The van der Waals surface area contributed by atoms with Gasteiger partial charge in [0.2, 0.25) is 0 Å². The maximum absolute atomic E-state index is 12.9. The summed E-state index contributed by atoms with van der Waals surface area (Å²) in [5, 5.41) is 7.64. The van der Waals surface area contributed by atoms with E-state index in [1.54, 1.807) is 18.4 Å². The number of aryl methyl sites for hydroxylation is 2. The van der Waals surface area contributed by atoms with E-state index in [0.717, 1.165) is 41.9 Å². The molecule has 1 aromatic heterocycles. The van der Waals surface area contributed by atoms with Crippen molar-refractivity contribution < 1.29 is 4.39 Å². The zero-order valence-corrected chi connectivity index (χ0v) is 16.1. The molecule has 25 heavy (non-hydrogen) atoms. The Hall–Kier alpha value is -1.99. The van der Waals surface area contributed by atoms with Crippen molar-refractivity contribution in [2.24, 2.45) is 4.99 Å². The summed E-state index contributed by atoms with van der Waals surface area (Å²) in [6, 6.07) is 6.62. The SMILES string of the molecule is CN=C(NCCN(C)Cc1ccc(F)cc1)NCc1nc(C)c(C)s1. The van der Waals surface area contributed by atoms with E-state index in [9.17, 15) is 4.39 Å². The minimum Gasteiger partial charge on any atom is -0.355 e. The summed E-state index contributed by atoms with van der Waals surface area (Å²) in [5.74, 6) is 0.564. The lowest BCUT2D eigenvalue weighted by molar-refractivity contribution is 0.331. The first-order chi connectivity index (χ1) is 12.0. The van der Waals surface area contributed by atoms with Crippen LogP contribution in [0.15, 0.2) is 29.3 Å². The number of halogens is 1. The van der Waals surface area contributed by atoms with Crippen LogP contribution in [-0.2, 0) is 13.1 Å². The normalized spacial score (nSPS) is 11.8. The summed E-state index contributed by atoms with van der Waals surface area (Å²) >= 11 is 1.71. The van der Waals surface area contributed by atoms with Crippen LogP contribution in [0, 0.1) is 19.7 Å². The van der Waals surface area contributed by atoms with Gasteiger partial charge in [-0.2, -0.15) is 0 Å². The summed E-state index contributed by atoms with van der Waals surface area (Å²) in [4.78, 5) is 12.2. The summed E-state index contributed by atoms with van der Waals surface area (Å²) in [6.07, 6.45) is 0. The standard InChI is InChI=1S/C18H26FN5S/c1-13-14(2)25-17(23-13)11-22-18(20-3)21-9-10-24(4)12-15-5-7-16(19)8-6-15/h5-8H,9-12H2,1-4H3,(H2,20,21,22). The molecule has 0 aliphatic heterocycles. The molecular weight excluding hydrogens is 337 g/mol.